The Morgan fingerprint density at radius 2 is 1.76 bits per heavy atom. The van der Waals surface area contributed by atoms with Crippen molar-refractivity contribution in [2.75, 3.05) is 7.05 Å². The number of nitrogens with two attached hydrogens (primary N) is 1. The van der Waals surface area contributed by atoms with Crippen molar-refractivity contribution < 1.29 is 13.2 Å². The van der Waals surface area contributed by atoms with Crippen LogP contribution in [0, 0.1) is 13.8 Å². The zero-order valence-corrected chi connectivity index (χ0v) is 16.4. The minimum Gasteiger partial charge on any atom is -0.339 e. The van der Waals surface area contributed by atoms with Crippen LogP contribution in [-0.4, -0.2) is 44.4 Å². The van der Waals surface area contributed by atoms with Crippen molar-refractivity contribution in [2.24, 2.45) is 5.14 Å². The molecule has 2 aliphatic heterocycles. The van der Waals surface area contributed by atoms with Crippen molar-refractivity contribution in [3.8, 4) is 0 Å². The fraction of sp³-hybridized carbons (Fsp3) is 0.588. The van der Waals surface area contributed by atoms with Crippen molar-refractivity contribution in [1.82, 2.24) is 10.2 Å². The quantitative estimate of drug-likeness (QED) is 0.826. The van der Waals surface area contributed by atoms with Gasteiger partial charge in [0.15, 0.2) is 0 Å². The molecule has 6 nitrogen and oxygen atoms in total. The number of fused-ring (bicyclic) bond motifs is 2. The first-order valence-corrected chi connectivity index (χ1v) is 9.88. The van der Waals surface area contributed by atoms with Crippen molar-refractivity contribution >= 4 is 28.3 Å². The van der Waals surface area contributed by atoms with Gasteiger partial charge in [0.1, 0.15) is 0 Å². The molecule has 2 fully saturated rings. The summed E-state index contributed by atoms with van der Waals surface area (Å²) in [6, 6.07) is 4.33. The number of halogens is 1. The average Bonchev–Trinajstić information content (AvgIpc) is 2.85. The second-order valence-corrected chi connectivity index (χ2v) is 8.67. The molecule has 0 radical (unpaired) electrons. The van der Waals surface area contributed by atoms with Crippen LogP contribution >= 0.6 is 12.4 Å². The van der Waals surface area contributed by atoms with Crippen LogP contribution in [0.5, 0.6) is 0 Å². The minimum absolute atomic E-state index is 0. The molecule has 3 rings (SSSR count). The van der Waals surface area contributed by atoms with E-state index in [2.05, 4.69) is 5.32 Å². The molecule has 2 unspecified atom stereocenters. The van der Waals surface area contributed by atoms with Crippen LogP contribution in [0.4, 0.5) is 0 Å². The first-order chi connectivity index (χ1) is 11.2. The molecule has 0 aliphatic carbocycles. The molecule has 2 heterocycles. The number of benzene rings is 1. The lowest BCUT2D eigenvalue weighted by Gasteiger charge is -2.35. The van der Waals surface area contributed by atoms with Gasteiger partial charge in [0, 0.05) is 30.7 Å². The van der Waals surface area contributed by atoms with Gasteiger partial charge < -0.3 is 10.2 Å². The number of piperidine rings is 1. The Bertz CT molecular complexity index is 770. The topological polar surface area (TPSA) is 92.5 Å². The molecule has 1 aromatic rings. The predicted molar refractivity (Wildman–Crippen MR) is 99.6 cm³/mol. The first-order valence-electron chi connectivity index (χ1n) is 8.34. The van der Waals surface area contributed by atoms with Crippen LogP contribution in [0.1, 0.15) is 47.2 Å². The molecule has 0 saturated carbocycles. The molecule has 0 aromatic heterocycles. The van der Waals surface area contributed by atoms with Gasteiger partial charge in [0.25, 0.3) is 5.91 Å². The third kappa shape index (κ3) is 4.00. The number of hydrogen-bond acceptors (Lipinski definition) is 4. The van der Waals surface area contributed by atoms with E-state index in [0.29, 0.717) is 23.2 Å². The highest BCUT2D eigenvalue weighted by molar-refractivity contribution is 7.89. The number of rotatable bonds is 3. The molecular weight excluding hydrogens is 362 g/mol. The van der Waals surface area contributed by atoms with Gasteiger partial charge in [-0.2, -0.15) is 0 Å². The van der Waals surface area contributed by atoms with E-state index < -0.39 is 10.0 Å². The smallest absolute Gasteiger partial charge is 0.253 e. The van der Waals surface area contributed by atoms with E-state index in [0.717, 1.165) is 18.4 Å². The van der Waals surface area contributed by atoms with Gasteiger partial charge in [-0.3, -0.25) is 4.79 Å². The van der Waals surface area contributed by atoms with Gasteiger partial charge >= 0.3 is 0 Å². The zero-order valence-electron chi connectivity index (χ0n) is 14.8. The lowest BCUT2D eigenvalue weighted by Crippen LogP contribution is -2.48. The lowest BCUT2D eigenvalue weighted by atomic mass is 9.97. The summed E-state index contributed by atoms with van der Waals surface area (Å²) in [6.07, 6.45) is 4.24. The lowest BCUT2D eigenvalue weighted by molar-refractivity contribution is 0.0681. The van der Waals surface area contributed by atoms with Crippen molar-refractivity contribution in [3.63, 3.8) is 0 Å². The van der Waals surface area contributed by atoms with E-state index >= 15 is 0 Å². The van der Waals surface area contributed by atoms with Gasteiger partial charge in [0.05, 0.1) is 4.90 Å². The maximum Gasteiger partial charge on any atom is 0.253 e. The number of carbonyl (C=O) groups is 1. The fourth-order valence-electron chi connectivity index (χ4n) is 3.96. The normalized spacial score (nSPS) is 25.4. The van der Waals surface area contributed by atoms with E-state index in [1.807, 2.05) is 7.05 Å². The predicted octanol–water partition coefficient (Wildman–Crippen LogP) is 1.73. The number of hydrogen-bond donors (Lipinski definition) is 2. The van der Waals surface area contributed by atoms with Crippen molar-refractivity contribution in [2.45, 2.75) is 62.6 Å². The van der Waals surface area contributed by atoms with E-state index in [4.69, 9.17) is 5.14 Å². The number of aryl methyl sites for hydroxylation is 1. The van der Waals surface area contributed by atoms with Crippen molar-refractivity contribution in [3.05, 3.63) is 28.8 Å². The van der Waals surface area contributed by atoms with Gasteiger partial charge in [0.2, 0.25) is 10.0 Å². The SMILES string of the molecule is Cc1cc(C(=O)N(C)C2CC3CCC(C2)N3)cc(S(N)(=O)=O)c1C.Cl. The van der Waals surface area contributed by atoms with Crippen LogP contribution in [0.2, 0.25) is 0 Å². The monoisotopic (exact) mass is 387 g/mol. The number of amides is 1. The molecular formula is C17H26ClN3O3S. The molecule has 8 heteroatoms. The fourth-order valence-corrected chi connectivity index (χ4v) is 4.84. The third-order valence-corrected chi connectivity index (χ3v) is 6.53. The maximum absolute atomic E-state index is 12.9. The second-order valence-electron chi connectivity index (χ2n) is 7.14. The van der Waals surface area contributed by atoms with E-state index in [-0.39, 0.29) is 29.3 Å². The second kappa shape index (κ2) is 7.23. The van der Waals surface area contributed by atoms with Gasteiger partial charge in [-0.15, -0.1) is 12.4 Å². The minimum atomic E-state index is -3.85. The molecule has 2 atom stereocenters. The van der Waals surface area contributed by atoms with E-state index in [1.165, 1.54) is 18.9 Å². The highest BCUT2D eigenvalue weighted by atomic mass is 35.5. The van der Waals surface area contributed by atoms with Gasteiger partial charge in [-0.05, 0) is 62.8 Å². The summed E-state index contributed by atoms with van der Waals surface area (Å²) in [4.78, 5) is 14.7. The Kier molecular flexibility index (Phi) is 5.83. The van der Waals surface area contributed by atoms with Gasteiger partial charge in [-0.25, -0.2) is 13.6 Å². The Balaban J connectivity index is 0.00000225. The Labute approximate surface area is 155 Å². The highest BCUT2D eigenvalue weighted by Crippen LogP contribution is 2.30. The molecule has 140 valence electrons. The van der Waals surface area contributed by atoms with Crippen molar-refractivity contribution in [1.29, 1.82) is 0 Å². The summed E-state index contributed by atoms with van der Waals surface area (Å²) in [7, 11) is -2.04. The van der Waals surface area contributed by atoms with Crippen LogP contribution in [0.3, 0.4) is 0 Å². The zero-order chi connectivity index (χ0) is 17.6. The molecule has 2 bridgehead atoms. The molecule has 2 aliphatic rings. The Morgan fingerprint density at radius 1 is 1.20 bits per heavy atom. The van der Waals surface area contributed by atoms with Crippen LogP contribution < -0.4 is 10.5 Å². The molecule has 1 aromatic carbocycles. The summed E-state index contributed by atoms with van der Waals surface area (Å²) >= 11 is 0. The Hall–Kier alpha value is -1.15. The standard InChI is InChI=1S/C17H25N3O3S.ClH/c1-10-6-12(7-16(11(10)2)24(18,22)23)17(21)20(3)15-8-13-4-5-14(9-15)19-13;/h6-7,13-15,19H,4-5,8-9H2,1-3H3,(H2,18,22,23);1H. The summed E-state index contributed by atoms with van der Waals surface area (Å²) in [6.45, 7) is 3.50. The molecule has 1 amide bonds. The largest absolute Gasteiger partial charge is 0.339 e. The Morgan fingerprint density at radius 3 is 2.28 bits per heavy atom. The average molecular weight is 388 g/mol. The van der Waals surface area contributed by atoms with Gasteiger partial charge in [-0.1, -0.05) is 0 Å². The maximum atomic E-state index is 12.9. The van der Waals surface area contributed by atoms with Crippen LogP contribution in [0.15, 0.2) is 17.0 Å². The first kappa shape index (κ1) is 20.2. The summed E-state index contributed by atoms with van der Waals surface area (Å²) in [5.41, 5.74) is 1.73. The summed E-state index contributed by atoms with van der Waals surface area (Å²) < 4.78 is 23.6. The molecule has 25 heavy (non-hydrogen) atoms. The van der Waals surface area contributed by atoms with Crippen LogP contribution in [-0.2, 0) is 10.0 Å². The molecule has 3 N–H and O–H groups in total. The van der Waals surface area contributed by atoms with E-state index in [9.17, 15) is 13.2 Å². The third-order valence-electron chi connectivity index (χ3n) is 5.49. The highest BCUT2D eigenvalue weighted by Gasteiger charge is 2.36. The number of carbonyl (C=O) groups excluding carboxylic acids is 1. The summed E-state index contributed by atoms with van der Waals surface area (Å²) in [5, 5.41) is 8.86. The van der Waals surface area contributed by atoms with E-state index in [1.54, 1.807) is 24.8 Å². The summed E-state index contributed by atoms with van der Waals surface area (Å²) in [5.74, 6) is -0.144. The number of sulfonamides is 1. The molecule has 2 saturated heterocycles. The number of nitrogens with one attached hydrogen (secondary N) is 1. The number of nitrogens with zero attached hydrogens (tertiary/aromatic N) is 1. The van der Waals surface area contributed by atoms with Crippen LogP contribution in [0.25, 0.3) is 0 Å². The number of primary sulfonamides is 1. The molecule has 0 spiro atoms.